The van der Waals surface area contributed by atoms with Gasteiger partial charge in [-0.3, -0.25) is 4.79 Å². The molecule has 1 aromatic rings. The second-order valence-electron chi connectivity index (χ2n) is 5.28. The number of hydrogen-bond donors (Lipinski definition) is 2. The third kappa shape index (κ3) is 4.68. The van der Waals surface area contributed by atoms with Gasteiger partial charge in [-0.15, -0.1) is 0 Å². The van der Waals surface area contributed by atoms with Gasteiger partial charge in [0.05, 0.1) is 11.4 Å². The molecule has 0 radical (unpaired) electrons. The minimum atomic E-state index is -3.54. The van der Waals surface area contributed by atoms with Crippen molar-refractivity contribution in [2.75, 3.05) is 32.8 Å². The third-order valence-corrected chi connectivity index (χ3v) is 4.96. The minimum absolute atomic E-state index is 0.118. The molecule has 0 saturated carbocycles. The number of sulfonamides is 1. The van der Waals surface area contributed by atoms with E-state index in [-0.39, 0.29) is 16.9 Å². The van der Waals surface area contributed by atoms with Crippen molar-refractivity contribution in [3.63, 3.8) is 0 Å². The molecule has 24 heavy (non-hydrogen) atoms. The van der Waals surface area contributed by atoms with Crippen molar-refractivity contribution < 1.29 is 22.7 Å². The van der Waals surface area contributed by atoms with Crippen molar-refractivity contribution in [1.29, 1.82) is 0 Å². The SMILES string of the molecule is CCCNS(=O)(=O)c1ccc(C(=O)NCCN2CCOC2=O)cc1. The first kappa shape index (κ1) is 18.2. The van der Waals surface area contributed by atoms with Crippen molar-refractivity contribution in [3.8, 4) is 0 Å². The zero-order valence-corrected chi connectivity index (χ0v) is 14.3. The summed E-state index contributed by atoms with van der Waals surface area (Å²) in [6.45, 7) is 3.80. The molecule has 2 N–H and O–H groups in total. The van der Waals surface area contributed by atoms with Gasteiger partial charge in [-0.25, -0.2) is 17.9 Å². The van der Waals surface area contributed by atoms with Crippen molar-refractivity contribution in [2.24, 2.45) is 0 Å². The number of carbonyl (C=O) groups is 2. The summed E-state index contributed by atoms with van der Waals surface area (Å²) in [5, 5.41) is 2.69. The smallest absolute Gasteiger partial charge is 0.409 e. The predicted octanol–water partition coefficient (Wildman–Crippen LogP) is 0.557. The Balaban J connectivity index is 1.88. The molecular weight excluding hydrogens is 334 g/mol. The van der Waals surface area contributed by atoms with Gasteiger partial charge in [-0.2, -0.15) is 0 Å². The van der Waals surface area contributed by atoms with E-state index in [1.807, 2.05) is 6.92 Å². The van der Waals surface area contributed by atoms with Crippen LogP contribution in [0.5, 0.6) is 0 Å². The van der Waals surface area contributed by atoms with Gasteiger partial charge in [0.1, 0.15) is 6.61 Å². The van der Waals surface area contributed by atoms with Gasteiger partial charge in [0.2, 0.25) is 10.0 Å². The highest BCUT2D eigenvalue weighted by atomic mass is 32.2. The summed E-state index contributed by atoms with van der Waals surface area (Å²) in [6, 6.07) is 5.70. The van der Waals surface area contributed by atoms with Gasteiger partial charge >= 0.3 is 6.09 Å². The molecule has 2 amide bonds. The van der Waals surface area contributed by atoms with Crippen LogP contribution >= 0.6 is 0 Å². The first-order valence-electron chi connectivity index (χ1n) is 7.73. The highest BCUT2D eigenvalue weighted by Crippen LogP contribution is 2.10. The van der Waals surface area contributed by atoms with Gasteiger partial charge in [0.15, 0.2) is 0 Å². The molecule has 1 heterocycles. The van der Waals surface area contributed by atoms with Crippen LogP contribution in [0, 0.1) is 0 Å². The van der Waals surface area contributed by atoms with Crippen molar-refractivity contribution in [2.45, 2.75) is 18.2 Å². The summed E-state index contributed by atoms with van der Waals surface area (Å²) in [5.74, 6) is -0.326. The highest BCUT2D eigenvalue weighted by molar-refractivity contribution is 7.89. The number of benzene rings is 1. The fourth-order valence-electron chi connectivity index (χ4n) is 2.14. The number of rotatable bonds is 8. The lowest BCUT2D eigenvalue weighted by Crippen LogP contribution is -2.35. The average Bonchev–Trinajstić information content (AvgIpc) is 2.98. The van der Waals surface area contributed by atoms with E-state index < -0.39 is 10.0 Å². The maximum absolute atomic E-state index is 12.0. The summed E-state index contributed by atoms with van der Waals surface area (Å²) >= 11 is 0. The standard InChI is InChI=1S/C15H21N3O5S/c1-2-7-17-24(21,22)13-5-3-12(4-6-13)14(19)16-8-9-18-10-11-23-15(18)20/h3-6,17H,2,7-11H2,1H3,(H,16,19). The van der Waals surface area contributed by atoms with Crippen LogP contribution in [0.25, 0.3) is 0 Å². The van der Waals surface area contributed by atoms with Crippen LogP contribution in [-0.4, -0.2) is 58.1 Å². The molecule has 132 valence electrons. The molecule has 9 heteroatoms. The van der Waals surface area contributed by atoms with Crippen molar-refractivity contribution in [1.82, 2.24) is 14.9 Å². The van der Waals surface area contributed by atoms with E-state index in [0.29, 0.717) is 44.8 Å². The average molecular weight is 355 g/mol. The first-order chi connectivity index (χ1) is 11.4. The number of carbonyl (C=O) groups excluding carboxylic acids is 2. The second-order valence-corrected chi connectivity index (χ2v) is 7.05. The highest BCUT2D eigenvalue weighted by Gasteiger charge is 2.21. The van der Waals surface area contributed by atoms with E-state index in [1.165, 1.54) is 29.2 Å². The van der Waals surface area contributed by atoms with Gasteiger partial charge in [0, 0.05) is 25.2 Å². The number of hydrogen-bond acceptors (Lipinski definition) is 5. The normalized spacial score (nSPS) is 14.5. The molecule has 0 atom stereocenters. The maximum Gasteiger partial charge on any atom is 0.409 e. The Morgan fingerprint density at radius 1 is 1.25 bits per heavy atom. The molecule has 1 aromatic carbocycles. The van der Waals surface area contributed by atoms with Crippen molar-refractivity contribution in [3.05, 3.63) is 29.8 Å². The van der Waals surface area contributed by atoms with E-state index >= 15 is 0 Å². The largest absolute Gasteiger partial charge is 0.448 e. The lowest BCUT2D eigenvalue weighted by atomic mass is 10.2. The second kappa shape index (κ2) is 8.11. The predicted molar refractivity (Wildman–Crippen MR) is 87.2 cm³/mol. The van der Waals surface area contributed by atoms with Crippen LogP contribution in [0.15, 0.2) is 29.2 Å². The lowest BCUT2D eigenvalue weighted by Gasteiger charge is -2.13. The number of amides is 2. The lowest BCUT2D eigenvalue weighted by molar-refractivity contribution is 0.0948. The monoisotopic (exact) mass is 355 g/mol. The Hall–Kier alpha value is -2.13. The number of ether oxygens (including phenoxy) is 1. The van der Waals surface area contributed by atoms with Crippen LogP contribution in [0.2, 0.25) is 0 Å². The topological polar surface area (TPSA) is 105 Å². The molecule has 0 spiro atoms. The summed E-state index contributed by atoms with van der Waals surface area (Å²) in [5.41, 5.74) is 0.355. The van der Waals surface area contributed by atoms with Crippen LogP contribution < -0.4 is 10.0 Å². The minimum Gasteiger partial charge on any atom is -0.448 e. The Bertz CT molecular complexity index is 688. The summed E-state index contributed by atoms with van der Waals surface area (Å²) in [6.07, 6.45) is 0.322. The molecule has 1 saturated heterocycles. The molecule has 0 bridgehead atoms. The number of nitrogens with zero attached hydrogens (tertiary/aromatic N) is 1. The third-order valence-electron chi connectivity index (χ3n) is 3.48. The molecule has 8 nitrogen and oxygen atoms in total. The molecule has 0 unspecified atom stereocenters. The Kier molecular flexibility index (Phi) is 6.16. The summed E-state index contributed by atoms with van der Waals surface area (Å²) in [7, 11) is -3.54. The van der Waals surface area contributed by atoms with Crippen LogP contribution in [-0.2, 0) is 14.8 Å². The molecule has 0 aliphatic carbocycles. The molecule has 1 aliphatic rings. The molecule has 0 aromatic heterocycles. The van der Waals surface area contributed by atoms with Crippen LogP contribution in [0.4, 0.5) is 4.79 Å². The molecular formula is C15H21N3O5S. The fraction of sp³-hybridized carbons (Fsp3) is 0.467. The maximum atomic E-state index is 12.0. The summed E-state index contributed by atoms with van der Waals surface area (Å²) in [4.78, 5) is 24.9. The van der Waals surface area contributed by atoms with E-state index in [9.17, 15) is 18.0 Å². The molecule has 2 rings (SSSR count). The van der Waals surface area contributed by atoms with Crippen LogP contribution in [0.1, 0.15) is 23.7 Å². The molecule has 1 fully saturated rings. The Labute approximate surface area is 141 Å². The van der Waals surface area contributed by atoms with Gasteiger partial charge in [0.25, 0.3) is 5.91 Å². The van der Waals surface area contributed by atoms with Crippen LogP contribution in [0.3, 0.4) is 0 Å². The van der Waals surface area contributed by atoms with E-state index in [4.69, 9.17) is 4.74 Å². The van der Waals surface area contributed by atoms with E-state index in [0.717, 1.165) is 0 Å². The quantitative estimate of drug-likeness (QED) is 0.709. The molecule has 1 aliphatic heterocycles. The van der Waals surface area contributed by atoms with E-state index in [1.54, 1.807) is 0 Å². The van der Waals surface area contributed by atoms with Crippen molar-refractivity contribution >= 4 is 22.0 Å². The van der Waals surface area contributed by atoms with Gasteiger partial charge in [-0.05, 0) is 30.7 Å². The van der Waals surface area contributed by atoms with Gasteiger partial charge in [-0.1, -0.05) is 6.92 Å². The summed E-state index contributed by atoms with van der Waals surface area (Å²) < 4.78 is 31.2. The Morgan fingerprint density at radius 2 is 1.96 bits per heavy atom. The fourth-order valence-corrected chi connectivity index (χ4v) is 3.27. The zero-order chi connectivity index (χ0) is 17.6. The number of nitrogens with one attached hydrogen (secondary N) is 2. The van der Waals surface area contributed by atoms with Gasteiger partial charge < -0.3 is 15.0 Å². The Morgan fingerprint density at radius 3 is 2.54 bits per heavy atom. The first-order valence-corrected chi connectivity index (χ1v) is 9.22. The zero-order valence-electron chi connectivity index (χ0n) is 13.4. The number of cyclic esters (lactones) is 1. The van der Waals surface area contributed by atoms with E-state index in [2.05, 4.69) is 10.0 Å².